The van der Waals surface area contributed by atoms with Crippen molar-refractivity contribution >= 4 is 43.6 Å². The van der Waals surface area contributed by atoms with E-state index in [1.54, 1.807) is 0 Å². The van der Waals surface area contributed by atoms with Crippen molar-refractivity contribution in [3.63, 3.8) is 0 Å². The second kappa shape index (κ2) is 14.7. The number of nitrogens with zero attached hydrogens (tertiary/aromatic N) is 4. The normalized spacial score (nSPS) is 11.5. The molecule has 0 aliphatic heterocycles. The Labute approximate surface area is 359 Å². The molecule has 4 aromatic heterocycles. The third kappa shape index (κ3) is 5.92. The van der Waals surface area contributed by atoms with E-state index in [0.29, 0.717) is 0 Å². The molecule has 0 aliphatic rings. The summed E-state index contributed by atoms with van der Waals surface area (Å²) in [5.41, 5.74) is 18.1. The van der Waals surface area contributed by atoms with Crippen LogP contribution < -0.4 is 0 Å². The number of hydrogen-bond acceptors (Lipinski definition) is 2. The lowest BCUT2D eigenvalue weighted by Gasteiger charge is -2.11. The summed E-state index contributed by atoms with van der Waals surface area (Å²) in [6.07, 6.45) is 3.73. The molecule has 0 amide bonds. The van der Waals surface area contributed by atoms with E-state index in [9.17, 15) is 0 Å². The summed E-state index contributed by atoms with van der Waals surface area (Å²) in [6.45, 7) is 0. The van der Waals surface area contributed by atoms with E-state index in [0.717, 1.165) is 56.1 Å². The molecule has 12 rings (SSSR count). The molecule has 0 fully saturated rings. The number of para-hydroxylation sites is 2. The van der Waals surface area contributed by atoms with Crippen molar-refractivity contribution in [2.24, 2.45) is 0 Å². The Bertz CT molecular complexity index is 3360. The van der Waals surface area contributed by atoms with Crippen LogP contribution in [-0.2, 0) is 0 Å². The van der Waals surface area contributed by atoms with Crippen LogP contribution in [0.1, 0.15) is 0 Å². The molecule has 0 atom stereocenters. The van der Waals surface area contributed by atoms with E-state index >= 15 is 0 Å². The van der Waals surface area contributed by atoms with Gasteiger partial charge in [0.05, 0.1) is 33.5 Å². The van der Waals surface area contributed by atoms with Crippen molar-refractivity contribution in [1.82, 2.24) is 19.1 Å². The van der Waals surface area contributed by atoms with Crippen molar-refractivity contribution in [2.75, 3.05) is 0 Å². The Kier molecular flexibility index (Phi) is 8.46. The number of hydrogen-bond donors (Lipinski definition) is 0. The number of aromatic nitrogens is 4. The van der Waals surface area contributed by atoms with Crippen LogP contribution in [0.15, 0.2) is 231 Å². The maximum atomic E-state index is 4.72. The maximum Gasteiger partial charge on any atom is 0.0708 e. The number of pyridine rings is 2. The fraction of sp³-hybridized carbons (Fsp3) is 0. The van der Waals surface area contributed by atoms with E-state index in [1.165, 1.54) is 54.7 Å². The van der Waals surface area contributed by atoms with Crippen LogP contribution >= 0.6 is 0 Å². The summed E-state index contributed by atoms with van der Waals surface area (Å²) in [5.74, 6) is 0. The van der Waals surface area contributed by atoms with Crippen molar-refractivity contribution in [1.29, 1.82) is 0 Å². The van der Waals surface area contributed by atoms with Gasteiger partial charge in [-0.2, -0.15) is 0 Å². The van der Waals surface area contributed by atoms with Gasteiger partial charge in [-0.25, -0.2) is 0 Å². The molecular formula is C58H38N4. The highest BCUT2D eigenvalue weighted by molar-refractivity contribution is 6.14. The fourth-order valence-corrected chi connectivity index (χ4v) is 9.41. The predicted octanol–water partition coefficient (Wildman–Crippen LogP) is 15.0. The lowest BCUT2D eigenvalue weighted by Crippen LogP contribution is -1.93. The van der Waals surface area contributed by atoms with Crippen molar-refractivity contribution in [3.8, 4) is 67.3 Å². The van der Waals surface area contributed by atoms with Gasteiger partial charge in [0.2, 0.25) is 0 Å². The van der Waals surface area contributed by atoms with Gasteiger partial charge in [-0.1, -0.05) is 121 Å². The molecule has 0 aliphatic carbocycles. The van der Waals surface area contributed by atoms with Crippen molar-refractivity contribution in [2.45, 2.75) is 0 Å². The van der Waals surface area contributed by atoms with Gasteiger partial charge in [0.25, 0.3) is 0 Å². The van der Waals surface area contributed by atoms with Gasteiger partial charge < -0.3 is 9.13 Å². The first kappa shape index (κ1) is 35.6. The number of benzene rings is 8. The monoisotopic (exact) mass is 790 g/mol. The summed E-state index contributed by atoms with van der Waals surface area (Å²) >= 11 is 0. The minimum Gasteiger partial charge on any atom is -0.309 e. The summed E-state index contributed by atoms with van der Waals surface area (Å²) in [6, 6.07) is 78.5. The Hall–Kier alpha value is -8.34. The standard InChI is InChI=1S/C58H38N4/c1-3-15-43(16-4-1)61-55-29-25-39(35-49(55)51-37-41(27-31-57(51)61)45-19-7-9-21-47(45)53-23-11-13-33-59-53)40-26-30-56-50(36-40)52-38-42(28-32-58(52)62(56)44-17-5-2-6-18-44)46-20-8-10-22-48(46)54-24-12-14-34-60-54/h1-38H. The van der Waals surface area contributed by atoms with E-state index in [-0.39, 0.29) is 0 Å². The predicted molar refractivity (Wildman–Crippen MR) is 258 cm³/mol. The summed E-state index contributed by atoms with van der Waals surface area (Å²) in [5, 5.41) is 4.83. The molecule has 0 radical (unpaired) electrons. The van der Waals surface area contributed by atoms with Crippen molar-refractivity contribution < 1.29 is 0 Å². The molecular weight excluding hydrogens is 753 g/mol. The molecule has 0 saturated heterocycles. The third-order valence-electron chi connectivity index (χ3n) is 12.3. The summed E-state index contributed by atoms with van der Waals surface area (Å²) < 4.78 is 4.79. The first-order valence-corrected chi connectivity index (χ1v) is 21.1. The molecule has 0 unspecified atom stereocenters. The third-order valence-corrected chi connectivity index (χ3v) is 12.3. The average Bonchev–Trinajstić information content (AvgIpc) is 3.86. The number of rotatable bonds is 7. The molecule has 0 bridgehead atoms. The smallest absolute Gasteiger partial charge is 0.0708 e. The van der Waals surface area contributed by atoms with Gasteiger partial charge in [-0.05, 0) is 130 Å². The van der Waals surface area contributed by atoms with Crippen LogP contribution in [0.2, 0.25) is 0 Å². The minimum atomic E-state index is 0.964. The molecule has 0 N–H and O–H groups in total. The Morgan fingerprint density at radius 2 is 0.581 bits per heavy atom. The SMILES string of the molecule is c1ccc(-n2c3ccc(-c4ccc5c(c4)c4cc(-c6ccccc6-c6ccccn6)ccc4n5-c4ccccc4)cc3c3cc(-c4ccccc4-c4ccccn4)ccc32)cc1. The van der Waals surface area contributed by atoms with Crippen LogP contribution in [0.4, 0.5) is 0 Å². The highest BCUT2D eigenvalue weighted by Crippen LogP contribution is 2.42. The van der Waals surface area contributed by atoms with Crippen LogP contribution in [0.3, 0.4) is 0 Å². The molecule has 4 heterocycles. The zero-order valence-corrected chi connectivity index (χ0v) is 33.7. The second-order valence-corrected chi connectivity index (χ2v) is 15.8. The highest BCUT2D eigenvalue weighted by Gasteiger charge is 2.19. The van der Waals surface area contributed by atoms with Gasteiger partial charge in [-0.15, -0.1) is 0 Å². The fourth-order valence-electron chi connectivity index (χ4n) is 9.41. The highest BCUT2D eigenvalue weighted by atomic mass is 15.0. The van der Waals surface area contributed by atoms with E-state index < -0.39 is 0 Å². The number of fused-ring (bicyclic) bond motifs is 6. The molecule has 4 nitrogen and oxygen atoms in total. The Morgan fingerprint density at radius 1 is 0.258 bits per heavy atom. The quantitative estimate of drug-likeness (QED) is 0.161. The topological polar surface area (TPSA) is 35.6 Å². The minimum absolute atomic E-state index is 0.964. The zero-order chi connectivity index (χ0) is 41.0. The Morgan fingerprint density at radius 3 is 0.952 bits per heavy atom. The van der Waals surface area contributed by atoms with Gasteiger partial charge >= 0.3 is 0 Å². The molecule has 290 valence electrons. The second-order valence-electron chi connectivity index (χ2n) is 15.8. The van der Waals surface area contributed by atoms with E-state index in [4.69, 9.17) is 9.97 Å². The largest absolute Gasteiger partial charge is 0.309 e. The molecule has 0 saturated carbocycles. The van der Waals surface area contributed by atoms with Crippen LogP contribution in [0.5, 0.6) is 0 Å². The van der Waals surface area contributed by atoms with E-state index in [2.05, 4.69) is 215 Å². The average molecular weight is 791 g/mol. The van der Waals surface area contributed by atoms with Crippen LogP contribution in [0.25, 0.3) is 111 Å². The molecule has 0 spiro atoms. The molecule has 62 heavy (non-hydrogen) atoms. The van der Waals surface area contributed by atoms with Gasteiger partial charge in [0.1, 0.15) is 0 Å². The van der Waals surface area contributed by atoms with Crippen LogP contribution in [-0.4, -0.2) is 19.1 Å². The zero-order valence-electron chi connectivity index (χ0n) is 33.7. The van der Waals surface area contributed by atoms with Crippen molar-refractivity contribution in [3.05, 3.63) is 231 Å². The maximum absolute atomic E-state index is 4.72. The lowest BCUT2D eigenvalue weighted by molar-refractivity contribution is 1.18. The lowest BCUT2D eigenvalue weighted by atomic mass is 9.95. The molecule has 8 aromatic carbocycles. The van der Waals surface area contributed by atoms with E-state index in [1.807, 2.05) is 24.5 Å². The first-order chi connectivity index (χ1) is 30.8. The van der Waals surface area contributed by atoms with Gasteiger partial charge in [-0.3, -0.25) is 9.97 Å². The van der Waals surface area contributed by atoms with Gasteiger partial charge in [0, 0.05) is 56.4 Å². The van der Waals surface area contributed by atoms with Crippen LogP contribution in [0, 0.1) is 0 Å². The molecule has 12 aromatic rings. The first-order valence-electron chi connectivity index (χ1n) is 21.1. The summed E-state index contributed by atoms with van der Waals surface area (Å²) in [4.78, 5) is 9.45. The van der Waals surface area contributed by atoms with Gasteiger partial charge in [0.15, 0.2) is 0 Å². The Balaban J connectivity index is 1.06. The summed E-state index contributed by atoms with van der Waals surface area (Å²) in [7, 11) is 0. The molecule has 4 heteroatoms.